The van der Waals surface area contributed by atoms with E-state index in [9.17, 15) is 0 Å². The van der Waals surface area contributed by atoms with Crippen molar-refractivity contribution >= 4 is 16.7 Å². The Morgan fingerprint density at radius 2 is 2.00 bits per heavy atom. The van der Waals surface area contributed by atoms with E-state index in [4.69, 9.17) is 5.73 Å². The van der Waals surface area contributed by atoms with Crippen molar-refractivity contribution in [2.24, 2.45) is 0 Å². The van der Waals surface area contributed by atoms with Crippen molar-refractivity contribution in [3.05, 3.63) is 35.9 Å². The molecular weight excluding hydrogens is 248 g/mol. The lowest BCUT2D eigenvalue weighted by atomic mass is 10.1. The number of para-hydroxylation sites is 1. The van der Waals surface area contributed by atoms with Crippen molar-refractivity contribution < 1.29 is 0 Å². The molecule has 3 rings (SSSR count). The summed E-state index contributed by atoms with van der Waals surface area (Å²) in [5, 5.41) is 1.17. The highest BCUT2D eigenvalue weighted by molar-refractivity contribution is 5.81. The van der Waals surface area contributed by atoms with E-state index in [1.165, 1.54) is 18.4 Å². The molecule has 1 aromatic heterocycles. The van der Waals surface area contributed by atoms with Crippen LogP contribution in [0.2, 0.25) is 0 Å². The molecule has 0 aliphatic carbocycles. The summed E-state index contributed by atoms with van der Waals surface area (Å²) in [5.41, 5.74) is 8.24. The average Bonchev–Trinajstić information content (AvgIpc) is 2.65. The van der Waals surface area contributed by atoms with Gasteiger partial charge in [-0.3, -0.25) is 4.90 Å². The number of nitrogens with two attached hydrogens (primary N) is 1. The van der Waals surface area contributed by atoms with Crippen LogP contribution in [0.1, 0.15) is 12.0 Å². The lowest BCUT2D eigenvalue weighted by Crippen LogP contribution is -2.28. The smallest absolute Gasteiger partial charge is 0.128 e. The fourth-order valence-corrected chi connectivity index (χ4v) is 2.80. The maximum absolute atomic E-state index is 6.12. The molecule has 106 valence electrons. The van der Waals surface area contributed by atoms with Crippen LogP contribution in [0.5, 0.6) is 0 Å². The second-order valence-corrected chi connectivity index (χ2v) is 5.66. The van der Waals surface area contributed by atoms with Crippen molar-refractivity contribution in [1.29, 1.82) is 0 Å². The van der Waals surface area contributed by atoms with Gasteiger partial charge in [0.1, 0.15) is 5.82 Å². The molecule has 1 aromatic carbocycles. The number of fused-ring (bicyclic) bond motifs is 1. The molecule has 4 heteroatoms. The van der Waals surface area contributed by atoms with Gasteiger partial charge in [-0.15, -0.1) is 0 Å². The Morgan fingerprint density at radius 3 is 2.90 bits per heavy atom. The fourth-order valence-electron chi connectivity index (χ4n) is 2.80. The van der Waals surface area contributed by atoms with E-state index in [-0.39, 0.29) is 0 Å². The summed E-state index contributed by atoms with van der Waals surface area (Å²) in [4.78, 5) is 9.39. The minimum Gasteiger partial charge on any atom is -0.383 e. The van der Waals surface area contributed by atoms with Gasteiger partial charge >= 0.3 is 0 Å². The summed E-state index contributed by atoms with van der Waals surface area (Å²) in [6.45, 7) is 5.44. The van der Waals surface area contributed by atoms with Crippen LogP contribution in [0.3, 0.4) is 0 Å². The van der Waals surface area contributed by atoms with Crippen LogP contribution in [0.4, 0.5) is 5.82 Å². The summed E-state index contributed by atoms with van der Waals surface area (Å²) in [6.07, 6.45) is 1.22. The summed E-state index contributed by atoms with van der Waals surface area (Å²) in [6, 6.07) is 10.3. The normalized spacial score (nSPS) is 18.2. The van der Waals surface area contributed by atoms with Crippen molar-refractivity contribution in [3.63, 3.8) is 0 Å². The van der Waals surface area contributed by atoms with Crippen molar-refractivity contribution in [1.82, 2.24) is 14.8 Å². The molecule has 0 unspecified atom stereocenters. The quantitative estimate of drug-likeness (QED) is 0.906. The third-order valence-electron chi connectivity index (χ3n) is 4.04. The van der Waals surface area contributed by atoms with Crippen molar-refractivity contribution in [2.75, 3.05) is 39.0 Å². The number of aromatic nitrogens is 1. The summed E-state index contributed by atoms with van der Waals surface area (Å²) >= 11 is 0. The highest BCUT2D eigenvalue weighted by atomic mass is 15.2. The number of likely N-dealkylation sites (N-methyl/N-ethyl adjacent to an activating group) is 1. The fraction of sp³-hybridized carbons (Fsp3) is 0.438. The van der Waals surface area contributed by atoms with Crippen molar-refractivity contribution in [2.45, 2.75) is 13.0 Å². The first-order valence-corrected chi connectivity index (χ1v) is 7.27. The maximum Gasteiger partial charge on any atom is 0.128 e. The van der Waals surface area contributed by atoms with Crippen LogP contribution >= 0.6 is 0 Å². The summed E-state index contributed by atoms with van der Waals surface area (Å²) < 4.78 is 0. The average molecular weight is 270 g/mol. The highest BCUT2D eigenvalue weighted by Crippen LogP contribution is 2.20. The van der Waals surface area contributed by atoms with Crippen LogP contribution in [0.15, 0.2) is 30.3 Å². The Bertz CT molecular complexity index is 596. The predicted molar refractivity (Wildman–Crippen MR) is 83.5 cm³/mol. The van der Waals surface area contributed by atoms with E-state index in [0.29, 0.717) is 5.82 Å². The monoisotopic (exact) mass is 270 g/mol. The van der Waals surface area contributed by atoms with E-state index < -0.39 is 0 Å². The Balaban J connectivity index is 1.81. The van der Waals surface area contributed by atoms with E-state index in [1.807, 2.05) is 18.2 Å². The van der Waals surface area contributed by atoms with Gasteiger partial charge in [0.15, 0.2) is 0 Å². The minimum absolute atomic E-state index is 0.668. The Kier molecular flexibility index (Phi) is 3.85. The van der Waals surface area contributed by atoms with Gasteiger partial charge in [0.25, 0.3) is 0 Å². The first-order chi connectivity index (χ1) is 9.72. The zero-order chi connectivity index (χ0) is 13.9. The predicted octanol–water partition coefficient (Wildman–Crippen LogP) is 1.95. The van der Waals surface area contributed by atoms with Crippen LogP contribution in [0, 0.1) is 0 Å². The van der Waals surface area contributed by atoms with Crippen LogP contribution in [0.25, 0.3) is 10.9 Å². The number of benzene rings is 1. The minimum atomic E-state index is 0.668. The van der Waals surface area contributed by atoms with E-state index >= 15 is 0 Å². The molecule has 2 aromatic rings. The molecular formula is C16H22N4. The van der Waals surface area contributed by atoms with Gasteiger partial charge in [-0.2, -0.15) is 0 Å². The zero-order valence-electron chi connectivity index (χ0n) is 12.0. The second-order valence-electron chi connectivity index (χ2n) is 5.66. The van der Waals surface area contributed by atoms with Gasteiger partial charge in [0.2, 0.25) is 0 Å². The molecule has 0 bridgehead atoms. The molecule has 1 aliphatic heterocycles. The molecule has 0 atom stereocenters. The van der Waals surface area contributed by atoms with Gasteiger partial charge in [-0.1, -0.05) is 18.2 Å². The standard InChI is InChI=1S/C16H22N4/c1-19-7-4-8-20(10-9-19)12-14-11-13-5-2-3-6-15(13)18-16(14)17/h2-3,5-6,11H,4,7-10,12H2,1H3,(H2,17,18). The molecule has 0 radical (unpaired) electrons. The lowest BCUT2D eigenvalue weighted by Gasteiger charge is -2.21. The Labute approximate surface area is 120 Å². The molecule has 20 heavy (non-hydrogen) atoms. The van der Waals surface area contributed by atoms with Gasteiger partial charge in [0, 0.05) is 30.6 Å². The molecule has 1 saturated heterocycles. The third-order valence-corrected chi connectivity index (χ3v) is 4.04. The molecule has 0 amide bonds. The van der Waals surface area contributed by atoms with Gasteiger partial charge < -0.3 is 10.6 Å². The van der Waals surface area contributed by atoms with Gasteiger partial charge in [-0.05, 0) is 38.7 Å². The van der Waals surface area contributed by atoms with E-state index in [0.717, 1.165) is 37.3 Å². The molecule has 1 aliphatic rings. The Hall–Kier alpha value is -1.65. The van der Waals surface area contributed by atoms with Crippen molar-refractivity contribution in [3.8, 4) is 0 Å². The first-order valence-electron chi connectivity index (χ1n) is 7.27. The molecule has 0 saturated carbocycles. The topological polar surface area (TPSA) is 45.4 Å². The number of hydrogen-bond donors (Lipinski definition) is 1. The zero-order valence-corrected chi connectivity index (χ0v) is 12.0. The number of hydrogen-bond acceptors (Lipinski definition) is 4. The molecule has 2 N–H and O–H groups in total. The van der Waals surface area contributed by atoms with Gasteiger partial charge in [-0.25, -0.2) is 4.98 Å². The SMILES string of the molecule is CN1CCCN(Cc2cc3ccccc3nc2N)CC1. The number of rotatable bonds is 2. The van der Waals surface area contributed by atoms with Crippen LogP contribution in [-0.2, 0) is 6.54 Å². The molecule has 2 heterocycles. The number of pyridine rings is 1. The first kappa shape index (κ1) is 13.3. The Morgan fingerprint density at radius 1 is 1.15 bits per heavy atom. The van der Waals surface area contributed by atoms with E-state index in [1.54, 1.807) is 0 Å². The number of anilines is 1. The number of nitrogens with zero attached hydrogens (tertiary/aromatic N) is 3. The summed E-state index contributed by atoms with van der Waals surface area (Å²) in [7, 11) is 2.19. The molecule has 0 spiro atoms. The van der Waals surface area contributed by atoms with Crippen LogP contribution < -0.4 is 5.73 Å². The lowest BCUT2D eigenvalue weighted by molar-refractivity contribution is 0.269. The van der Waals surface area contributed by atoms with Crippen LogP contribution in [-0.4, -0.2) is 48.0 Å². The second kappa shape index (κ2) is 5.77. The molecule has 1 fully saturated rings. The number of nitrogen functional groups attached to an aromatic ring is 1. The van der Waals surface area contributed by atoms with E-state index in [2.05, 4.69) is 34.0 Å². The largest absolute Gasteiger partial charge is 0.383 e. The highest BCUT2D eigenvalue weighted by Gasteiger charge is 2.14. The summed E-state index contributed by atoms with van der Waals surface area (Å²) in [5.74, 6) is 0.668. The maximum atomic E-state index is 6.12. The molecule has 4 nitrogen and oxygen atoms in total. The third kappa shape index (κ3) is 2.92. The van der Waals surface area contributed by atoms with Gasteiger partial charge in [0.05, 0.1) is 5.52 Å².